The van der Waals surface area contributed by atoms with E-state index in [0.29, 0.717) is 23.2 Å². The Labute approximate surface area is 105 Å². The first kappa shape index (κ1) is 13.8. The number of benzene rings is 1. The molecule has 0 fully saturated rings. The minimum Gasteiger partial charge on any atom is -0.504 e. The monoisotopic (exact) mass is 250 g/mol. The van der Waals surface area contributed by atoms with Crippen LogP contribution in [0.3, 0.4) is 0 Å². The lowest BCUT2D eigenvalue weighted by Gasteiger charge is -2.09. The van der Waals surface area contributed by atoms with Crippen molar-refractivity contribution in [1.29, 1.82) is 0 Å². The van der Waals surface area contributed by atoms with Crippen molar-refractivity contribution in [2.24, 2.45) is 0 Å². The van der Waals surface area contributed by atoms with Gasteiger partial charge in [0.15, 0.2) is 11.5 Å². The molecule has 5 nitrogen and oxygen atoms in total. The summed E-state index contributed by atoms with van der Waals surface area (Å²) in [6.07, 6.45) is 1.97. The average molecular weight is 250 g/mol. The highest BCUT2D eigenvalue weighted by Crippen LogP contribution is 2.28. The summed E-state index contributed by atoms with van der Waals surface area (Å²) < 4.78 is 14.9. The quantitative estimate of drug-likeness (QED) is 0.263. The maximum Gasteiger partial charge on any atom is 0.342 e. The van der Waals surface area contributed by atoms with Crippen LogP contribution < -0.4 is 9.47 Å². The van der Waals surface area contributed by atoms with E-state index in [0.717, 1.165) is 0 Å². The van der Waals surface area contributed by atoms with Crippen molar-refractivity contribution < 1.29 is 23.8 Å². The van der Waals surface area contributed by atoms with Gasteiger partial charge in [-0.05, 0) is 25.1 Å². The number of carbonyl (C=O) groups excluding carboxylic acids is 2. The number of rotatable bonds is 5. The Morgan fingerprint density at radius 2 is 1.94 bits per heavy atom. The van der Waals surface area contributed by atoms with Gasteiger partial charge in [-0.2, -0.15) is 0 Å². The third-order valence-electron chi connectivity index (χ3n) is 2.14. The average Bonchev–Trinajstić information content (AvgIpc) is 2.39. The topological polar surface area (TPSA) is 61.8 Å². The van der Waals surface area contributed by atoms with E-state index in [-0.39, 0.29) is 5.75 Å². The fraction of sp³-hybridized carbons (Fsp3) is 0.231. The van der Waals surface area contributed by atoms with Gasteiger partial charge >= 0.3 is 5.97 Å². The van der Waals surface area contributed by atoms with Crippen LogP contribution in [0.2, 0.25) is 0 Å². The Kier molecular flexibility index (Phi) is 4.92. The standard InChI is InChI=1S/C13H14O5/c1-9(8-16-2)13(15)18-11-5-4-10(7-14)6-12(11)17-3/h4-8H,1-3H3. The second-order valence-corrected chi connectivity index (χ2v) is 3.45. The molecule has 0 bridgehead atoms. The first-order chi connectivity index (χ1) is 8.62. The highest BCUT2D eigenvalue weighted by atomic mass is 16.6. The van der Waals surface area contributed by atoms with Gasteiger partial charge in [0.25, 0.3) is 0 Å². The van der Waals surface area contributed by atoms with Gasteiger partial charge in [0, 0.05) is 5.56 Å². The lowest BCUT2D eigenvalue weighted by molar-refractivity contribution is -0.130. The molecule has 0 aliphatic heterocycles. The molecule has 0 saturated heterocycles. The van der Waals surface area contributed by atoms with E-state index in [1.165, 1.54) is 38.7 Å². The molecule has 0 heterocycles. The molecule has 0 spiro atoms. The molecular formula is C13H14O5. The number of methoxy groups -OCH3 is 2. The van der Waals surface area contributed by atoms with Crippen molar-refractivity contribution in [1.82, 2.24) is 0 Å². The summed E-state index contributed by atoms with van der Waals surface area (Å²) >= 11 is 0. The van der Waals surface area contributed by atoms with E-state index in [9.17, 15) is 9.59 Å². The highest BCUT2D eigenvalue weighted by molar-refractivity contribution is 5.89. The number of hydrogen-bond acceptors (Lipinski definition) is 5. The summed E-state index contributed by atoms with van der Waals surface area (Å²) in [7, 11) is 2.87. The Morgan fingerprint density at radius 3 is 2.50 bits per heavy atom. The number of aldehydes is 1. The number of carbonyl (C=O) groups is 2. The second kappa shape index (κ2) is 6.44. The Hall–Kier alpha value is -2.30. The van der Waals surface area contributed by atoms with Crippen LogP contribution >= 0.6 is 0 Å². The largest absolute Gasteiger partial charge is 0.504 e. The van der Waals surface area contributed by atoms with Crippen LogP contribution in [0.1, 0.15) is 17.3 Å². The van der Waals surface area contributed by atoms with Crippen LogP contribution in [0.4, 0.5) is 0 Å². The molecule has 0 N–H and O–H groups in total. The van der Waals surface area contributed by atoms with E-state index in [4.69, 9.17) is 14.2 Å². The van der Waals surface area contributed by atoms with E-state index in [2.05, 4.69) is 0 Å². The van der Waals surface area contributed by atoms with E-state index in [1.807, 2.05) is 0 Å². The third-order valence-corrected chi connectivity index (χ3v) is 2.14. The van der Waals surface area contributed by atoms with E-state index in [1.54, 1.807) is 6.92 Å². The predicted octanol–water partition coefficient (Wildman–Crippen LogP) is 1.96. The fourth-order valence-corrected chi connectivity index (χ4v) is 1.25. The maximum atomic E-state index is 11.6. The molecule has 96 valence electrons. The van der Waals surface area contributed by atoms with Crippen LogP contribution in [-0.4, -0.2) is 26.5 Å². The van der Waals surface area contributed by atoms with Gasteiger partial charge in [0.1, 0.15) is 6.29 Å². The zero-order chi connectivity index (χ0) is 13.5. The minimum absolute atomic E-state index is 0.247. The lowest BCUT2D eigenvalue weighted by atomic mass is 10.2. The number of esters is 1. The summed E-state index contributed by atoms with van der Waals surface area (Å²) in [6.45, 7) is 1.57. The van der Waals surface area contributed by atoms with Gasteiger partial charge in [0.05, 0.1) is 26.1 Å². The van der Waals surface area contributed by atoms with Crippen molar-refractivity contribution in [3.63, 3.8) is 0 Å². The molecule has 18 heavy (non-hydrogen) atoms. The van der Waals surface area contributed by atoms with Crippen LogP contribution in [0, 0.1) is 0 Å². The van der Waals surface area contributed by atoms with Gasteiger partial charge in [-0.1, -0.05) is 0 Å². The van der Waals surface area contributed by atoms with Gasteiger partial charge in [-0.3, -0.25) is 4.79 Å². The molecule has 0 unspecified atom stereocenters. The molecule has 5 heteroatoms. The van der Waals surface area contributed by atoms with Gasteiger partial charge in [0.2, 0.25) is 0 Å². The highest BCUT2D eigenvalue weighted by Gasteiger charge is 2.12. The molecule has 0 aliphatic rings. The zero-order valence-electron chi connectivity index (χ0n) is 10.4. The van der Waals surface area contributed by atoms with E-state index >= 15 is 0 Å². The van der Waals surface area contributed by atoms with Crippen LogP contribution in [0.25, 0.3) is 0 Å². The summed E-state index contributed by atoms with van der Waals surface area (Å²) in [5.74, 6) is 0.0177. The number of hydrogen-bond donors (Lipinski definition) is 0. The lowest BCUT2D eigenvalue weighted by Crippen LogP contribution is -2.10. The molecular weight excluding hydrogens is 236 g/mol. The summed E-state index contributed by atoms with van der Waals surface area (Å²) in [5.41, 5.74) is 0.759. The van der Waals surface area contributed by atoms with Crippen LogP contribution in [0.5, 0.6) is 11.5 Å². The molecule has 0 aliphatic carbocycles. The smallest absolute Gasteiger partial charge is 0.342 e. The minimum atomic E-state index is -0.547. The first-order valence-electron chi connectivity index (χ1n) is 5.17. The summed E-state index contributed by atoms with van der Waals surface area (Å²) in [6, 6.07) is 4.53. The van der Waals surface area contributed by atoms with E-state index < -0.39 is 5.97 Å². The summed E-state index contributed by atoms with van der Waals surface area (Å²) in [4.78, 5) is 22.2. The van der Waals surface area contributed by atoms with Crippen LogP contribution in [-0.2, 0) is 9.53 Å². The third kappa shape index (κ3) is 3.35. The van der Waals surface area contributed by atoms with Crippen LogP contribution in [0.15, 0.2) is 30.0 Å². The molecule has 0 aromatic heterocycles. The normalized spacial score (nSPS) is 10.7. The predicted molar refractivity (Wildman–Crippen MR) is 64.8 cm³/mol. The Bertz CT molecular complexity index is 476. The van der Waals surface area contributed by atoms with Gasteiger partial charge in [-0.15, -0.1) is 0 Å². The molecule has 1 rings (SSSR count). The second-order valence-electron chi connectivity index (χ2n) is 3.45. The summed E-state index contributed by atoms with van der Waals surface area (Å²) in [5, 5.41) is 0. The molecule has 0 saturated carbocycles. The van der Waals surface area contributed by atoms with Crippen molar-refractivity contribution in [3.05, 3.63) is 35.6 Å². The Balaban J connectivity index is 2.94. The molecule has 0 radical (unpaired) electrons. The van der Waals surface area contributed by atoms with Gasteiger partial charge < -0.3 is 14.2 Å². The Morgan fingerprint density at radius 1 is 1.22 bits per heavy atom. The molecule has 1 aromatic rings. The number of ether oxygens (including phenoxy) is 3. The SMILES string of the molecule is COC=C(C)C(=O)Oc1ccc(C=O)cc1OC. The van der Waals surface area contributed by atoms with Crippen molar-refractivity contribution in [2.75, 3.05) is 14.2 Å². The fourth-order valence-electron chi connectivity index (χ4n) is 1.25. The molecule has 0 amide bonds. The first-order valence-corrected chi connectivity index (χ1v) is 5.17. The molecule has 0 atom stereocenters. The van der Waals surface area contributed by atoms with Crippen molar-refractivity contribution in [2.45, 2.75) is 6.92 Å². The van der Waals surface area contributed by atoms with Gasteiger partial charge in [-0.25, -0.2) is 4.79 Å². The van der Waals surface area contributed by atoms with Crippen molar-refractivity contribution >= 4 is 12.3 Å². The molecule has 1 aromatic carbocycles. The van der Waals surface area contributed by atoms with Crippen molar-refractivity contribution in [3.8, 4) is 11.5 Å². The maximum absolute atomic E-state index is 11.6. The zero-order valence-corrected chi connectivity index (χ0v) is 10.4.